The molecule has 0 saturated heterocycles. The fraction of sp³-hybridized carbons (Fsp3) is 0.125. The minimum atomic E-state index is -0.165. The topological polar surface area (TPSA) is 53.4 Å². The van der Waals surface area contributed by atoms with Crippen molar-refractivity contribution in [3.8, 4) is 33.9 Å². The third-order valence-corrected chi connectivity index (χ3v) is 8.24. The Morgan fingerprint density at radius 3 is 1.66 bits per heavy atom. The third kappa shape index (κ3) is 5.43. The van der Waals surface area contributed by atoms with Crippen molar-refractivity contribution in [2.24, 2.45) is 9.98 Å². The number of aryl methyl sites for hydroxylation is 4. The molecule has 1 N–H and O–H groups in total. The van der Waals surface area contributed by atoms with Gasteiger partial charge in [0.15, 0.2) is 5.84 Å². The molecule has 0 fully saturated rings. The lowest BCUT2D eigenvalue weighted by atomic mass is 9.96. The monoisotopic (exact) mass is 570 g/mol. The summed E-state index contributed by atoms with van der Waals surface area (Å²) in [6.45, 7) is 8.43. The molecule has 44 heavy (non-hydrogen) atoms. The van der Waals surface area contributed by atoms with Crippen molar-refractivity contribution in [1.29, 1.82) is 0 Å². The highest BCUT2D eigenvalue weighted by Crippen LogP contribution is 2.35. The Morgan fingerprint density at radius 1 is 0.523 bits per heavy atom. The van der Waals surface area contributed by atoms with Gasteiger partial charge in [-0.2, -0.15) is 0 Å². The van der Waals surface area contributed by atoms with Crippen LogP contribution in [0.2, 0.25) is 0 Å². The number of benzene rings is 5. The number of hydrogen-bond acceptors (Lipinski definition) is 3. The second-order valence-corrected chi connectivity index (χ2v) is 11.8. The fourth-order valence-corrected chi connectivity index (χ4v) is 5.62. The second kappa shape index (κ2) is 11.4. The first kappa shape index (κ1) is 27.5. The van der Waals surface area contributed by atoms with Crippen molar-refractivity contribution in [2.45, 2.75) is 33.7 Å². The molecule has 0 aliphatic carbocycles. The lowest BCUT2D eigenvalue weighted by Crippen LogP contribution is -2.09. The standard InChI is InChI=1S/C40H34N4/c1-25-8-16-29(17-9-25)35-36(30-18-10-26(2)11-19-30)42-39(41-35)33-6-5-7-34(24-33)40-43-37(31-20-12-27(3)13-21-31)38(44-40)32-22-14-28(4)15-23-32/h5-24,35H,1-4H3,(H,43,44)/t35-/m1/s1. The van der Waals surface area contributed by atoms with Gasteiger partial charge in [0, 0.05) is 22.3 Å². The molecule has 0 unspecified atom stereocenters. The van der Waals surface area contributed by atoms with E-state index in [0.29, 0.717) is 0 Å². The van der Waals surface area contributed by atoms with E-state index in [1.54, 1.807) is 0 Å². The van der Waals surface area contributed by atoms with E-state index in [9.17, 15) is 0 Å². The molecule has 4 nitrogen and oxygen atoms in total. The summed E-state index contributed by atoms with van der Waals surface area (Å²) < 4.78 is 0. The summed E-state index contributed by atoms with van der Waals surface area (Å²) in [5.74, 6) is 1.55. The Labute approximate surface area is 258 Å². The second-order valence-electron chi connectivity index (χ2n) is 11.8. The Bertz CT molecular complexity index is 1950. The molecule has 0 saturated carbocycles. The highest BCUT2D eigenvalue weighted by molar-refractivity contribution is 6.19. The molecule has 2 heterocycles. The lowest BCUT2D eigenvalue weighted by molar-refractivity contribution is 0.984. The molecule has 1 aromatic heterocycles. The number of nitrogens with zero attached hydrogens (tertiary/aromatic N) is 3. The molecule has 0 radical (unpaired) electrons. The Morgan fingerprint density at radius 2 is 1.05 bits per heavy atom. The summed E-state index contributed by atoms with van der Waals surface area (Å²) >= 11 is 0. The van der Waals surface area contributed by atoms with Gasteiger partial charge < -0.3 is 4.98 Å². The summed E-state index contributed by atoms with van der Waals surface area (Å²) in [6.07, 6.45) is 0. The van der Waals surface area contributed by atoms with Crippen LogP contribution in [-0.2, 0) is 0 Å². The minimum absolute atomic E-state index is 0.165. The van der Waals surface area contributed by atoms with Crippen molar-refractivity contribution in [3.05, 3.63) is 160 Å². The van der Waals surface area contributed by atoms with Gasteiger partial charge in [-0.05, 0) is 44.9 Å². The molecule has 7 rings (SSSR count). The van der Waals surface area contributed by atoms with Gasteiger partial charge >= 0.3 is 0 Å². The maximum Gasteiger partial charge on any atom is 0.155 e. The molecular formula is C40H34N4. The van der Waals surface area contributed by atoms with Crippen LogP contribution in [0.15, 0.2) is 131 Å². The van der Waals surface area contributed by atoms with Crippen molar-refractivity contribution < 1.29 is 0 Å². The number of hydrogen-bond donors (Lipinski definition) is 1. The molecule has 1 atom stereocenters. The van der Waals surface area contributed by atoms with Crippen LogP contribution in [0, 0.1) is 27.7 Å². The number of rotatable bonds is 6. The van der Waals surface area contributed by atoms with Gasteiger partial charge in [-0.1, -0.05) is 138 Å². The van der Waals surface area contributed by atoms with Crippen molar-refractivity contribution >= 4 is 11.5 Å². The zero-order valence-corrected chi connectivity index (χ0v) is 25.5. The number of H-pyrrole nitrogens is 1. The average Bonchev–Trinajstić information content (AvgIpc) is 3.69. The third-order valence-electron chi connectivity index (χ3n) is 8.24. The van der Waals surface area contributed by atoms with Crippen LogP contribution in [0.1, 0.15) is 45.0 Å². The van der Waals surface area contributed by atoms with E-state index < -0.39 is 0 Å². The molecule has 1 aliphatic rings. The van der Waals surface area contributed by atoms with Crippen LogP contribution in [0.5, 0.6) is 0 Å². The first-order valence-corrected chi connectivity index (χ1v) is 15.1. The Kier molecular flexibility index (Phi) is 7.11. The smallest absolute Gasteiger partial charge is 0.155 e. The quantitative estimate of drug-likeness (QED) is 0.213. The molecule has 0 spiro atoms. The van der Waals surface area contributed by atoms with Crippen LogP contribution in [0.25, 0.3) is 33.9 Å². The number of aromatic nitrogens is 2. The zero-order chi connectivity index (χ0) is 30.2. The summed E-state index contributed by atoms with van der Waals surface area (Å²) in [4.78, 5) is 19.1. The van der Waals surface area contributed by atoms with Gasteiger partial charge in [0.25, 0.3) is 0 Å². The van der Waals surface area contributed by atoms with Gasteiger partial charge in [0.2, 0.25) is 0 Å². The number of imidazole rings is 1. The van der Waals surface area contributed by atoms with Crippen LogP contribution in [0.4, 0.5) is 0 Å². The van der Waals surface area contributed by atoms with Crippen molar-refractivity contribution in [1.82, 2.24) is 9.97 Å². The summed E-state index contributed by atoms with van der Waals surface area (Å²) in [6, 6.07) is 42.5. The zero-order valence-electron chi connectivity index (χ0n) is 25.5. The molecule has 5 aromatic carbocycles. The van der Waals surface area contributed by atoms with E-state index >= 15 is 0 Å². The van der Waals surface area contributed by atoms with Gasteiger partial charge in [-0.25, -0.2) is 9.98 Å². The number of aromatic amines is 1. The molecular weight excluding hydrogens is 536 g/mol. The molecule has 4 heteroatoms. The first-order chi connectivity index (χ1) is 21.4. The van der Waals surface area contributed by atoms with Gasteiger partial charge in [-0.3, -0.25) is 4.99 Å². The van der Waals surface area contributed by atoms with Gasteiger partial charge in [0.05, 0.1) is 17.1 Å². The van der Waals surface area contributed by atoms with Gasteiger partial charge in [0.1, 0.15) is 11.9 Å². The predicted octanol–water partition coefficient (Wildman–Crippen LogP) is 9.64. The molecule has 214 valence electrons. The highest BCUT2D eigenvalue weighted by atomic mass is 15.0. The molecule has 0 amide bonds. The molecule has 6 aromatic rings. The van der Waals surface area contributed by atoms with Crippen LogP contribution in [-0.4, -0.2) is 21.5 Å². The fourth-order valence-electron chi connectivity index (χ4n) is 5.62. The summed E-state index contributed by atoms with van der Waals surface area (Å²) in [5.41, 5.74) is 14.2. The maximum atomic E-state index is 5.19. The Hall–Kier alpha value is -5.35. The van der Waals surface area contributed by atoms with E-state index in [-0.39, 0.29) is 6.04 Å². The van der Waals surface area contributed by atoms with E-state index in [1.807, 2.05) is 0 Å². The number of nitrogens with one attached hydrogen (secondary N) is 1. The average molecular weight is 571 g/mol. The maximum absolute atomic E-state index is 5.19. The minimum Gasteiger partial charge on any atom is -0.337 e. The SMILES string of the molecule is Cc1ccc(C2=NC(c3cccc(-c4nc(-c5ccc(C)cc5)c(-c5ccc(C)cc5)[nH]4)c3)=N[C@@H]2c2ccc(C)cc2)cc1. The number of amidine groups is 1. The largest absolute Gasteiger partial charge is 0.337 e. The predicted molar refractivity (Wildman–Crippen MR) is 183 cm³/mol. The van der Waals surface area contributed by atoms with Crippen molar-refractivity contribution in [2.75, 3.05) is 0 Å². The summed E-state index contributed by atoms with van der Waals surface area (Å²) in [7, 11) is 0. The van der Waals surface area contributed by atoms with E-state index in [4.69, 9.17) is 15.0 Å². The van der Waals surface area contributed by atoms with E-state index in [0.717, 1.165) is 62.1 Å². The van der Waals surface area contributed by atoms with Crippen LogP contribution >= 0.6 is 0 Å². The first-order valence-electron chi connectivity index (χ1n) is 15.1. The Balaban J connectivity index is 1.31. The molecule has 1 aliphatic heterocycles. The van der Waals surface area contributed by atoms with E-state index in [1.165, 1.54) is 22.3 Å². The summed E-state index contributed by atoms with van der Waals surface area (Å²) in [5, 5.41) is 0. The van der Waals surface area contributed by atoms with Gasteiger partial charge in [-0.15, -0.1) is 0 Å². The van der Waals surface area contributed by atoms with Crippen LogP contribution in [0.3, 0.4) is 0 Å². The molecule has 0 bridgehead atoms. The van der Waals surface area contributed by atoms with Crippen molar-refractivity contribution in [3.63, 3.8) is 0 Å². The normalized spacial score (nSPS) is 14.4. The number of aliphatic imine (C=N–C) groups is 2. The lowest BCUT2D eigenvalue weighted by Gasteiger charge is -2.12. The van der Waals surface area contributed by atoms with E-state index in [2.05, 4.69) is 154 Å². The van der Waals surface area contributed by atoms with Crippen LogP contribution < -0.4 is 0 Å². The highest BCUT2D eigenvalue weighted by Gasteiger charge is 2.27.